The van der Waals surface area contributed by atoms with Gasteiger partial charge in [0.05, 0.1) is 0 Å². The van der Waals surface area contributed by atoms with Crippen molar-refractivity contribution in [2.45, 2.75) is 38.8 Å². The Labute approximate surface area is 170 Å². The number of hydrogen-bond donors (Lipinski definition) is 7. The van der Waals surface area contributed by atoms with Gasteiger partial charge in [-0.25, -0.2) is 25.0 Å². The second kappa shape index (κ2) is 13.0. The fourth-order valence-corrected chi connectivity index (χ4v) is 2.16. The molecule has 0 aromatic carbocycles. The van der Waals surface area contributed by atoms with Gasteiger partial charge in [0.25, 0.3) is 0 Å². The van der Waals surface area contributed by atoms with Gasteiger partial charge in [0.2, 0.25) is 0 Å². The molecular weight excluding hydrogens is 360 g/mol. The summed E-state index contributed by atoms with van der Waals surface area (Å²) < 4.78 is 0. The van der Waals surface area contributed by atoms with Crippen LogP contribution >= 0.6 is 0 Å². The molecule has 0 radical (unpaired) electrons. The second-order valence-corrected chi connectivity index (χ2v) is 8.53. The Morgan fingerprint density at radius 3 is 0.893 bits per heavy atom. The maximum atomic E-state index is 6.03. The molecule has 0 unspecified atom stereocenters. The maximum Gasteiger partial charge on any atom is 0.0418 e. The van der Waals surface area contributed by atoms with Crippen molar-refractivity contribution in [3.05, 3.63) is 0 Å². The van der Waals surface area contributed by atoms with E-state index < -0.39 is 0 Å². The van der Waals surface area contributed by atoms with E-state index in [0.717, 1.165) is 0 Å². The average molecular weight is 407 g/mol. The minimum atomic E-state index is -0.260. The first-order valence-corrected chi connectivity index (χ1v) is 9.79. The fraction of sp³-hybridized carbons (Fsp3) is 1.00. The van der Waals surface area contributed by atoms with E-state index in [9.17, 15) is 0 Å². The van der Waals surface area contributed by atoms with Gasteiger partial charge in [0.15, 0.2) is 0 Å². The van der Waals surface area contributed by atoms with Gasteiger partial charge in [0.1, 0.15) is 0 Å². The molecule has 0 saturated carbocycles. The quantitative estimate of drug-likeness (QED) is 0.0980. The first-order valence-electron chi connectivity index (χ1n) is 9.79. The zero-order valence-corrected chi connectivity index (χ0v) is 18.3. The third-order valence-corrected chi connectivity index (χ3v) is 5.16. The molecule has 0 rings (SSSR count). The summed E-state index contributed by atoms with van der Waals surface area (Å²) in [5.74, 6) is 30.1. The minimum Gasteiger partial charge on any atom is -0.329 e. The van der Waals surface area contributed by atoms with Crippen LogP contribution in [0, 0.1) is 0 Å². The highest BCUT2D eigenvalue weighted by Crippen LogP contribution is 2.07. The number of hydrazine groups is 5. The molecule has 0 aliphatic heterocycles. The highest BCUT2D eigenvalue weighted by molar-refractivity contribution is 4.80. The van der Waals surface area contributed by atoms with E-state index in [-0.39, 0.29) is 11.1 Å². The van der Waals surface area contributed by atoms with E-state index in [1.807, 2.05) is 27.7 Å². The van der Waals surface area contributed by atoms with Crippen molar-refractivity contribution >= 4 is 0 Å². The third kappa shape index (κ3) is 10.9. The summed E-state index contributed by atoms with van der Waals surface area (Å²) in [6.07, 6.45) is 0. The van der Waals surface area contributed by atoms with Crippen molar-refractivity contribution < 1.29 is 0 Å². The zero-order valence-electron chi connectivity index (χ0n) is 18.3. The maximum absolute atomic E-state index is 6.03. The van der Waals surface area contributed by atoms with E-state index in [1.165, 1.54) is 0 Å². The standard InChI is InChI=1S/C16H46N12/c1-15(2,13-17)27(22)11-9-25(20)7-5-24(19)6-8-26(21)10-12-28(23)16(3,4)14-18/h5-14,17-23H2,1-4H3. The van der Waals surface area contributed by atoms with Gasteiger partial charge < -0.3 is 11.5 Å². The van der Waals surface area contributed by atoms with Crippen molar-refractivity contribution in [1.82, 2.24) is 25.0 Å². The molecule has 0 aliphatic rings. The molecular formula is C16H46N12. The molecule has 12 nitrogen and oxygen atoms in total. The largest absolute Gasteiger partial charge is 0.329 e. The van der Waals surface area contributed by atoms with Crippen molar-refractivity contribution in [3.8, 4) is 0 Å². The predicted octanol–water partition coefficient (Wildman–Crippen LogP) is -3.66. The summed E-state index contributed by atoms with van der Waals surface area (Å²) in [6.45, 7) is 13.9. The first-order chi connectivity index (χ1) is 12.9. The van der Waals surface area contributed by atoms with Crippen LogP contribution in [-0.2, 0) is 0 Å². The molecule has 170 valence electrons. The molecule has 0 aromatic heterocycles. The lowest BCUT2D eigenvalue weighted by Gasteiger charge is -2.35. The predicted molar refractivity (Wildman–Crippen MR) is 115 cm³/mol. The summed E-state index contributed by atoms with van der Waals surface area (Å²) in [6, 6.07) is 0. The third-order valence-electron chi connectivity index (χ3n) is 5.16. The molecule has 0 fully saturated rings. The lowest BCUT2D eigenvalue weighted by Crippen LogP contribution is -2.56. The molecule has 12 heteroatoms. The Kier molecular flexibility index (Phi) is 12.7. The highest BCUT2D eigenvalue weighted by Gasteiger charge is 2.23. The molecule has 0 saturated heterocycles. The van der Waals surface area contributed by atoms with E-state index in [0.29, 0.717) is 65.4 Å². The normalized spacial score (nSPS) is 13.7. The molecule has 28 heavy (non-hydrogen) atoms. The van der Waals surface area contributed by atoms with Gasteiger partial charge in [-0.2, -0.15) is 0 Å². The minimum absolute atomic E-state index is 0.260. The van der Waals surface area contributed by atoms with Crippen molar-refractivity contribution in [3.63, 3.8) is 0 Å². The monoisotopic (exact) mass is 406 g/mol. The molecule has 0 aliphatic carbocycles. The van der Waals surface area contributed by atoms with Gasteiger partial charge >= 0.3 is 0 Å². The van der Waals surface area contributed by atoms with E-state index >= 15 is 0 Å². The van der Waals surface area contributed by atoms with Gasteiger partial charge in [-0.3, -0.25) is 29.2 Å². The summed E-state index contributed by atoms with van der Waals surface area (Å²) in [7, 11) is 0. The lowest BCUT2D eigenvalue weighted by atomic mass is 10.1. The Balaban J connectivity index is 3.98. The Morgan fingerprint density at radius 2 is 0.679 bits per heavy atom. The van der Waals surface area contributed by atoms with Gasteiger partial charge in [0, 0.05) is 76.5 Å². The van der Waals surface area contributed by atoms with Crippen molar-refractivity contribution in [2.75, 3.05) is 65.4 Å². The molecule has 14 N–H and O–H groups in total. The summed E-state index contributed by atoms with van der Waals surface area (Å²) >= 11 is 0. The molecule has 0 heterocycles. The van der Waals surface area contributed by atoms with Crippen LogP contribution in [0.5, 0.6) is 0 Å². The molecule has 0 aromatic rings. The van der Waals surface area contributed by atoms with Crippen molar-refractivity contribution in [2.24, 2.45) is 40.7 Å². The van der Waals surface area contributed by atoms with Crippen LogP contribution in [-0.4, -0.2) is 102 Å². The summed E-state index contributed by atoms with van der Waals surface area (Å²) in [5, 5.41) is 8.54. The topological polar surface area (TPSA) is 198 Å². The van der Waals surface area contributed by atoms with E-state index in [4.69, 9.17) is 40.7 Å². The van der Waals surface area contributed by atoms with Gasteiger partial charge in [-0.05, 0) is 27.7 Å². The van der Waals surface area contributed by atoms with Crippen LogP contribution in [0.25, 0.3) is 0 Å². The van der Waals surface area contributed by atoms with Gasteiger partial charge in [-0.15, -0.1) is 0 Å². The van der Waals surface area contributed by atoms with Crippen LogP contribution < -0.4 is 40.7 Å². The summed E-state index contributed by atoms with van der Waals surface area (Å²) in [5.41, 5.74) is 10.9. The zero-order chi connectivity index (χ0) is 22.0. The van der Waals surface area contributed by atoms with Crippen molar-refractivity contribution in [1.29, 1.82) is 0 Å². The van der Waals surface area contributed by atoms with Crippen LogP contribution in [0.1, 0.15) is 27.7 Å². The number of hydrogen-bond acceptors (Lipinski definition) is 12. The van der Waals surface area contributed by atoms with Crippen LogP contribution in [0.4, 0.5) is 0 Å². The fourth-order valence-electron chi connectivity index (χ4n) is 2.16. The highest BCUT2D eigenvalue weighted by atomic mass is 15.5. The SMILES string of the molecule is CC(C)(CN)N(N)CCN(N)CCN(N)CCN(N)CCN(N)C(C)(C)CN. The Morgan fingerprint density at radius 1 is 0.464 bits per heavy atom. The molecule has 0 atom stereocenters. The van der Waals surface area contributed by atoms with Crippen LogP contribution in [0.15, 0.2) is 0 Å². The number of nitrogens with two attached hydrogens (primary N) is 7. The Hall–Kier alpha value is -0.480. The molecule has 0 amide bonds. The Bertz CT molecular complexity index is 369. The smallest absolute Gasteiger partial charge is 0.0418 e. The van der Waals surface area contributed by atoms with E-state index in [2.05, 4.69) is 0 Å². The molecule has 0 spiro atoms. The molecule has 0 bridgehead atoms. The lowest BCUT2D eigenvalue weighted by molar-refractivity contribution is 0.0973. The summed E-state index contributed by atoms with van der Waals surface area (Å²) in [4.78, 5) is 0. The second-order valence-electron chi connectivity index (χ2n) is 8.53. The van der Waals surface area contributed by atoms with Crippen LogP contribution in [0.3, 0.4) is 0 Å². The average Bonchev–Trinajstić information content (AvgIpc) is 2.66. The number of nitrogens with zero attached hydrogens (tertiary/aromatic N) is 5. The van der Waals surface area contributed by atoms with Gasteiger partial charge in [-0.1, -0.05) is 0 Å². The number of rotatable bonds is 16. The van der Waals surface area contributed by atoms with E-state index in [1.54, 1.807) is 25.0 Å². The van der Waals surface area contributed by atoms with Crippen LogP contribution in [0.2, 0.25) is 0 Å². The first kappa shape index (κ1) is 27.5.